The van der Waals surface area contributed by atoms with Crippen molar-refractivity contribution < 1.29 is 23.0 Å². The fraction of sp³-hybridized carbons (Fsp3) is 0.600. The molecule has 1 aromatic carbocycles. The Morgan fingerprint density at radius 2 is 2.00 bits per heavy atom. The number of nitrogens with zero attached hydrogens (tertiary/aromatic N) is 1. The van der Waals surface area contributed by atoms with Crippen molar-refractivity contribution in [2.75, 3.05) is 32.8 Å². The number of halogens is 3. The van der Waals surface area contributed by atoms with Crippen molar-refractivity contribution in [1.82, 2.24) is 10.2 Å². The van der Waals surface area contributed by atoms with Crippen molar-refractivity contribution >= 4 is 0 Å². The fourth-order valence-corrected chi connectivity index (χ4v) is 2.68. The molecule has 1 fully saturated rings. The van der Waals surface area contributed by atoms with Crippen molar-refractivity contribution in [3.05, 3.63) is 23.8 Å². The number of phenolic OH excluding ortho intramolecular Hbond substituents is 1. The van der Waals surface area contributed by atoms with Gasteiger partial charge in [-0.2, -0.15) is 13.2 Å². The second-order valence-corrected chi connectivity index (χ2v) is 5.28. The summed E-state index contributed by atoms with van der Waals surface area (Å²) in [7, 11) is 0. The molecular weight excluding hydrogens is 297 g/mol. The summed E-state index contributed by atoms with van der Waals surface area (Å²) in [5.74, 6) is 0.166. The number of phenols is 1. The summed E-state index contributed by atoms with van der Waals surface area (Å²) in [4.78, 5) is 1.83. The van der Waals surface area contributed by atoms with Gasteiger partial charge in [-0.15, -0.1) is 0 Å². The van der Waals surface area contributed by atoms with Crippen LogP contribution < -0.4 is 10.1 Å². The molecule has 1 heterocycles. The van der Waals surface area contributed by atoms with E-state index < -0.39 is 18.6 Å². The van der Waals surface area contributed by atoms with Crippen LogP contribution in [0.5, 0.6) is 11.5 Å². The van der Waals surface area contributed by atoms with Gasteiger partial charge >= 0.3 is 6.18 Å². The van der Waals surface area contributed by atoms with E-state index in [1.807, 2.05) is 4.90 Å². The van der Waals surface area contributed by atoms with E-state index >= 15 is 0 Å². The van der Waals surface area contributed by atoms with Crippen molar-refractivity contribution in [1.29, 1.82) is 0 Å². The van der Waals surface area contributed by atoms with Crippen LogP contribution in [0.3, 0.4) is 0 Å². The molecule has 1 aliphatic rings. The molecule has 1 aliphatic heterocycles. The molecule has 4 nitrogen and oxygen atoms in total. The minimum atomic E-state index is -4.25. The molecule has 2 N–H and O–H groups in total. The number of piperazine rings is 1. The maximum atomic E-state index is 13.0. The fourth-order valence-electron chi connectivity index (χ4n) is 2.68. The smallest absolute Gasteiger partial charge is 0.390 e. The van der Waals surface area contributed by atoms with Gasteiger partial charge in [0.2, 0.25) is 0 Å². The predicted octanol–water partition coefficient (Wildman–Crippen LogP) is 2.69. The van der Waals surface area contributed by atoms with E-state index in [-0.39, 0.29) is 11.5 Å². The minimum Gasteiger partial charge on any atom is -0.504 e. The standard InChI is InChI=1S/C15H21F3N2O2/c1-2-22-14-9-11(3-4-13(14)21)12(10-15(16,17)18)20-7-5-19-6-8-20/h3-4,9,12,19,21H,2,5-8,10H2,1H3/t12-/m0/s1. The molecule has 0 aliphatic carbocycles. The Kier molecular flexibility index (Phi) is 5.52. The quantitative estimate of drug-likeness (QED) is 0.876. The minimum absolute atomic E-state index is 0.0586. The molecule has 0 saturated carbocycles. The van der Waals surface area contributed by atoms with E-state index in [1.165, 1.54) is 18.2 Å². The van der Waals surface area contributed by atoms with Crippen LogP contribution in [0.4, 0.5) is 13.2 Å². The van der Waals surface area contributed by atoms with E-state index in [0.29, 0.717) is 38.3 Å². The average molecular weight is 318 g/mol. The van der Waals surface area contributed by atoms with Gasteiger partial charge in [-0.25, -0.2) is 0 Å². The first-order valence-corrected chi connectivity index (χ1v) is 7.38. The highest BCUT2D eigenvalue weighted by Gasteiger charge is 2.36. The summed E-state index contributed by atoms with van der Waals surface area (Å²) in [6.45, 7) is 4.57. The summed E-state index contributed by atoms with van der Waals surface area (Å²) < 4.78 is 44.1. The van der Waals surface area contributed by atoms with E-state index in [2.05, 4.69) is 5.32 Å². The number of benzene rings is 1. The molecule has 0 radical (unpaired) electrons. The highest BCUT2D eigenvalue weighted by molar-refractivity contribution is 5.43. The van der Waals surface area contributed by atoms with Crippen LogP contribution >= 0.6 is 0 Å². The van der Waals surface area contributed by atoms with E-state index in [0.717, 1.165) is 0 Å². The Balaban J connectivity index is 2.28. The average Bonchev–Trinajstić information content (AvgIpc) is 2.47. The summed E-state index contributed by atoms with van der Waals surface area (Å²) in [6, 6.07) is 3.68. The highest BCUT2D eigenvalue weighted by atomic mass is 19.4. The van der Waals surface area contributed by atoms with Gasteiger partial charge in [0.25, 0.3) is 0 Å². The summed E-state index contributed by atoms with van der Waals surface area (Å²) in [6.07, 6.45) is -5.16. The molecule has 124 valence electrons. The van der Waals surface area contributed by atoms with Gasteiger partial charge in [0, 0.05) is 32.2 Å². The first-order valence-electron chi connectivity index (χ1n) is 7.38. The first kappa shape index (κ1) is 16.9. The van der Waals surface area contributed by atoms with Crippen LogP contribution in [-0.2, 0) is 0 Å². The van der Waals surface area contributed by atoms with Gasteiger partial charge < -0.3 is 15.2 Å². The lowest BCUT2D eigenvalue weighted by Gasteiger charge is -2.35. The SMILES string of the molecule is CCOc1cc([C@H](CC(F)(F)F)N2CCNCC2)ccc1O. The molecule has 0 amide bonds. The zero-order valence-electron chi connectivity index (χ0n) is 12.5. The second kappa shape index (κ2) is 7.19. The summed E-state index contributed by atoms with van der Waals surface area (Å²) >= 11 is 0. The molecule has 1 aromatic rings. The lowest BCUT2D eigenvalue weighted by molar-refractivity contribution is -0.148. The summed E-state index contributed by atoms with van der Waals surface area (Å²) in [5, 5.41) is 12.9. The van der Waals surface area contributed by atoms with Crippen LogP contribution in [0, 0.1) is 0 Å². The number of aromatic hydroxyl groups is 1. The van der Waals surface area contributed by atoms with Crippen LogP contribution in [0.25, 0.3) is 0 Å². The first-order chi connectivity index (χ1) is 10.4. The molecule has 7 heteroatoms. The molecule has 0 bridgehead atoms. The Bertz CT molecular complexity index is 488. The number of hydrogen-bond donors (Lipinski definition) is 2. The van der Waals surface area contributed by atoms with Gasteiger partial charge in [0.05, 0.1) is 13.0 Å². The third kappa shape index (κ3) is 4.51. The summed E-state index contributed by atoms with van der Waals surface area (Å²) in [5.41, 5.74) is 0.514. The van der Waals surface area contributed by atoms with Gasteiger partial charge in [0.1, 0.15) is 0 Å². The molecule has 0 unspecified atom stereocenters. The van der Waals surface area contributed by atoms with Gasteiger partial charge in [-0.1, -0.05) is 6.07 Å². The van der Waals surface area contributed by atoms with Crippen molar-refractivity contribution in [2.45, 2.75) is 25.6 Å². The molecule has 0 aromatic heterocycles. The third-order valence-electron chi connectivity index (χ3n) is 3.69. The number of nitrogens with one attached hydrogen (secondary N) is 1. The second-order valence-electron chi connectivity index (χ2n) is 5.28. The molecule has 1 atom stereocenters. The topological polar surface area (TPSA) is 44.7 Å². The Morgan fingerprint density at radius 1 is 1.32 bits per heavy atom. The normalized spacial score (nSPS) is 18.2. The van der Waals surface area contributed by atoms with Crippen LogP contribution in [0.2, 0.25) is 0 Å². The van der Waals surface area contributed by atoms with Crippen LogP contribution in [0.1, 0.15) is 24.9 Å². The van der Waals surface area contributed by atoms with E-state index in [4.69, 9.17) is 4.74 Å². The number of ether oxygens (including phenoxy) is 1. The Hall–Kier alpha value is -1.47. The van der Waals surface area contributed by atoms with Crippen molar-refractivity contribution in [3.63, 3.8) is 0 Å². The molecule has 22 heavy (non-hydrogen) atoms. The molecular formula is C15H21F3N2O2. The lowest BCUT2D eigenvalue weighted by Crippen LogP contribution is -2.46. The van der Waals surface area contributed by atoms with Crippen LogP contribution in [0.15, 0.2) is 18.2 Å². The number of alkyl halides is 3. The van der Waals surface area contributed by atoms with Crippen molar-refractivity contribution in [2.24, 2.45) is 0 Å². The Labute approximate surface area is 127 Å². The highest BCUT2D eigenvalue weighted by Crippen LogP contribution is 2.37. The maximum Gasteiger partial charge on any atom is 0.390 e. The third-order valence-corrected chi connectivity index (χ3v) is 3.69. The van der Waals surface area contributed by atoms with E-state index in [9.17, 15) is 18.3 Å². The lowest BCUT2D eigenvalue weighted by atomic mass is 10.00. The number of hydrogen-bond acceptors (Lipinski definition) is 4. The number of rotatable bonds is 5. The zero-order valence-corrected chi connectivity index (χ0v) is 12.5. The molecule has 1 saturated heterocycles. The van der Waals surface area contributed by atoms with Crippen LogP contribution in [-0.4, -0.2) is 49.0 Å². The maximum absolute atomic E-state index is 13.0. The molecule has 0 spiro atoms. The zero-order chi connectivity index (χ0) is 16.2. The monoisotopic (exact) mass is 318 g/mol. The van der Waals surface area contributed by atoms with Crippen molar-refractivity contribution in [3.8, 4) is 11.5 Å². The largest absolute Gasteiger partial charge is 0.504 e. The van der Waals surface area contributed by atoms with Gasteiger partial charge in [-0.3, -0.25) is 4.90 Å². The predicted molar refractivity (Wildman–Crippen MR) is 77.1 cm³/mol. The van der Waals surface area contributed by atoms with E-state index in [1.54, 1.807) is 6.92 Å². The van der Waals surface area contributed by atoms with Gasteiger partial charge in [0.15, 0.2) is 11.5 Å². The Morgan fingerprint density at radius 3 is 2.59 bits per heavy atom. The molecule has 2 rings (SSSR count). The van der Waals surface area contributed by atoms with Gasteiger partial charge in [-0.05, 0) is 24.6 Å².